The van der Waals surface area contributed by atoms with Crippen LogP contribution in [0.1, 0.15) is 30.5 Å². The van der Waals surface area contributed by atoms with E-state index in [4.69, 9.17) is 4.74 Å². The van der Waals surface area contributed by atoms with E-state index in [1.54, 1.807) is 6.08 Å². The fourth-order valence-corrected chi connectivity index (χ4v) is 2.10. The third-order valence-electron chi connectivity index (χ3n) is 3.37. The van der Waals surface area contributed by atoms with Crippen molar-refractivity contribution in [1.82, 2.24) is 5.32 Å². The molecule has 0 aromatic heterocycles. The van der Waals surface area contributed by atoms with Crippen LogP contribution in [0.15, 0.2) is 60.7 Å². The Labute approximate surface area is 138 Å². The van der Waals surface area contributed by atoms with Gasteiger partial charge in [-0.15, -0.1) is 0 Å². The molecule has 1 N–H and O–H groups in total. The summed E-state index contributed by atoms with van der Waals surface area (Å²) in [5, 5.41) is 2.92. The van der Waals surface area contributed by atoms with Gasteiger partial charge in [-0.05, 0) is 36.6 Å². The first-order valence-corrected chi connectivity index (χ1v) is 7.84. The summed E-state index contributed by atoms with van der Waals surface area (Å²) in [6, 6.07) is 17.8. The first-order chi connectivity index (χ1) is 11.1. The van der Waals surface area contributed by atoms with Crippen LogP contribution in [-0.2, 0) is 22.7 Å². The maximum atomic E-state index is 11.9. The summed E-state index contributed by atoms with van der Waals surface area (Å²) >= 11 is 0. The van der Waals surface area contributed by atoms with E-state index < -0.39 is 0 Å². The Bertz CT molecular complexity index is 648. The standard InChI is InChI=1S/C20H23NO2/c1-16(2)23-15-19-11-7-6-10-18(19)14-21-20(22)13-12-17-8-4-3-5-9-17/h3-13,16H,14-15H2,1-2H3,(H,21,22)/b13-12+. The van der Waals surface area contributed by atoms with Gasteiger partial charge in [0.1, 0.15) is 0 Å². The van der Waals surface area contributed by atoms with E-state index in [1.165, 1.54) is 0 Å². The third kappa shape index (κ3) is 6.09. The van der Waals surface area contributed by atoms with Gasteiger partial charge in [-0.3, -0.25) is 4.79 Å². The summed E-state index contributed by atoms with van der Waals surface area (Å²) in [5.41, 5.74) is 3.19. The van der Waals surface area contributed by atoms with Crippen LogP contribution in [0.3, 0.4) is 0 Å². The van der Waals surface area contributed by atoms with E-state index in [9.17, 15) is 4.79 Å². The normalized spacial score (nSPS) is 11.1. The summed E-state index contributed by atoms with van der Waals surface area (Å²) in [7, 11) is 0. The molecule has 3 heteroatoms. The quantitative estimate of drug-likeness (QED) is 0.787. The highest BCUT2D eigenvalue weighted by Gasteiger charge is 2.04. The molecule has 0 heterocycles. The Kier molecular flexibility index (Phi) is 6.57. The van der Waals surface area contributed by atoms with Gasteiger partial charge in [0.25, 0.3) is 0 Å². The second-order valence-corrected chi connectivity index (χ2v) is 5.59. The summed E-state index contributed by atoms with van der Waals surface area (Å²) in [5.74, 6) is -0.103. The highest BCUT2D eigenvalue weighted by molar-refractivity contribution is 5.91. The second-order valence-electron chi connectivity index (χ2n) is 5.59. The minimum atomic E-state index is -0.103. The number of rotatable bonds is 7. The average molecular weight is 309 g/mol. The van der Waals surface area contributed by atoms with Crippen molar-refractivity contribution in [1.29, 1.82) is 0 Å². The molecule has 0 aliphatic rings. The molecule has 0 spiro atoms. The molecule has 2 aromatic rings. The summed E-state index contributed by atoms with van der Waals surface area (Å²) in [6.07, 6.45) is 3.55. The molecule has 0 saturated heterocycles. The molecule has 0 radical (unpaired) electrons. The van der Waals surface area contributed by atoms with Gasteiger partial charge in [0.05, 0.1) is 12.7 Å². The van der Waals surface area contributed by atoms with Gasteiger partial charge >= 0.3 is 0 Å². The Hall–Kier alpha value is -2.39. The van der Waals surface area contributed by atoms with Crippen LogP contribution in [0.5, 0.6) is 0 Å². The maximum Gasteiger partial charge on any atom is 0.244 e. The zero-order valence-electron chi connectivity index (χ0n) is 13.7. The van der Waals surface area contributed by atoms with E-state index in [0.29, 0.717) is 13.2 Å². The predicted molar refractivity (Wildman–Crippen MR) is 93.7 cm³/mol. The molecule has 120 valence electrons. The van der Waals surface area contributed by atoms with E-state index in [-0.39, 0.29) is 12.0 Å². The molecule has 0 saturated carbocycles. The molecule has 0 fully saturated rings. The van der Waals surface area contributed by atoms with Gasteiger partial charge in [0.2, 0.25) is 5.91 Å². The van der Waals surface area contributed by atoms with Gasteiger partial charge in [0.15, 0.2) is 0 Å². The first kappa shape index (κ1) is 17.0. The van der Waals surface area contributed by atoms with Crippen LogP contribution >= 0.6 is 0 Å². The van der Waals surface area contributed by atoms with E-state index >= 15 is 0 Å². The molecule has 2 aromatic carbocycles. The molecule has 3 nitrogen and oxygen atoms in total. The van der Waals surface area contributed by atoms with Gasteiger partial charge in [-0.2, -0.15) is 0 Å². The molecule has 1 amide bonds. The van der Waals surface area contributed by atoms with Gasteiger partial charge in [-0.1, -0.05) is 54.6 Å². The minimum absolute atomic E-state index is 0.103. The first-order valence-electron chi connectivity index (χ1n) is 7.84. The summed E-state index contributed by atoms with van der Waals surface area (Å²) in [4.78, 5) is 11.9. The Morgan fingerprint density at radius 1 is 1.04 bits per heavy atom. The third-order valence-corrected chi connectivity index (χ3v) is 3.37. The summed E-state index contributed by atoms with van der Waals surface area (Å²) in [6.45, 7) is 5.08. The fraction of sp³-hybridized carbons (Fsp3) is 0.250. The number of hydrogen-bond donors (Lipinski definition) is 1. The molecule has 0 aliphatic heterocycles. The maximum absolute atomic E-state index is 11.9. The number of ether oxygens (including phenoxy) is 1. The van der Waals surface area contributed by atoms with E-state index in [2.05, 4.69) is 5.32 Å². The zero-order chi connectivity index (χ0) is 16.5. The number of amides is 1. The Morgan fingerprint density at radius 3 is 2.39 bits per heavy atom. The van der Waals surface area contributed by atoms with Crippen LogP contribution < -0.4 is 5.32 Å². The van der Waals surface area contributed by atoms with Gasteiger partial charge < -0.3 is 10.1 Å². The van der Waals surface area contributed by atoms with Crippen LogP contribution in [0, 0.1) is 0 Å². The average Bonchev–Trinajstić information content (AvgIpc) is 2.58. The van der Waals surface area contributed by atoms with Crippen LogP contribution in [0.2, 0.25) is 0 Å². The Balaban J connectivity index is 1.90. The van der Waals surface area contributed by atoms with E-state index in [0.717, 1.165) is 16.7 Å². The lowest BCUT2D eigenvalue weighted by Crippen LogP contribution is -2.21. The molecule has 23 heavy (non-hydrogen) atoms. The SMILES string of the molecule is CC(C)OCc1ccccc1CNC(=O)/C=C/c1ccccc1. The van der Waals surface area contributed by atoms with Crippen molar-refractivity contribution in [3.63, 3.8) is 0 Å². The van der Waals surface area contributed by atoms with Crippen LogP contribution in [0.25, 0.3) is 6.08 Å². The molecule has 0 atom stereocenters. The second kappa shape index (κ2) is 8.91. The molecule has 0 bridgehead atoms. The topological polar surface area (TPSA) is 38.3 Å². The number of carbonyl (C=O) groups is 1. The number of hydrogen-bond acceptors (Lipinski definition) is 2. The smallest absolute Gasteiger partial charge is 0.244 e. The lowest BCUT2D eigenvalue weighted by Gasteiger charge is -2.12. The molecule has 2 rings (SSSR count). The van der Waals surface area contributed by atoms with E-state index in [1.807, 2.05) is 74.5 Å². The van der Waals surface area contributed by atoms with Crippen molar-refractivity contribution >= 4 is 12.0 Å². The van der Waals surface area contributed by atoms with Gasteiger partial charge in [-0.25, -0.2) is 0 Å². The predicted octanol–water partition coefficient (Wildman–Crippen LogP) is 3.94. The minimum Gasteiger partial charge on any atom is -0.374 e. The van der Waals surface area contributed by atoms with Crippen molar-refractivity contribution in [3.05, 3.63) is 77.4 Å². The van der Waals surface area contributed by atoms with Crippen molar-refractivity contribution < 1.29 is 9.53 Å². The van der Waals surface area contributed by atoms with Crippen LogP contribution in [-0.4, -0.2) is 12.0 Å². The van der Waals surface area contributed by atoms with Crippen molar-refractivity contribution in [2.75, 3.05) is 0 Å². The van der Waals surface area contributed by atoms with Crippen molar-refractivity contribution in [2.45, 2.75) is 33.1 Å². The molecule has 0 unspecified atom stereocenters. The monoisotopic (exact) mass is 309 g/mol. The number of nitrogens with one attached hydrogen (secondary N) is 1. The highest BCUT2D eigenvalue weighted by atomic mass is 16.5. The van der Waals surface area contributed by atoms with Crippen molar-refractivity contribution in [2.24, 2.45) is 0 Å². The summed E-state index contributed by atoms with van der Waals surface area (Å²) < 4.78 is 5.65. The zero-order valence-corrected chi connectivity index (χ0v) is 13.7. The number of carbonyl (C=O) groups excluding carboxylic acids is 1. The fourth-order valence-electron chi connectivity index (χ4n) is 2.10. The highest BCUT2D eigenvalue weighted by Crippen LogP contribution is 2.11. The lowest BCUT2D eigenvalue weighted by atomic mass is 10.1. The van der Waals surface area contributed by atoms with Crippen LogP contribution in [0.4, 0.5) is 0 Å². The lowest BCUT2D eigenvalue weighted by molar-refractivity contribution is -0.116. The largest absolute Gasteiger partial charge is 0.374 e. The number of benzene rings is 2. The van der Waals surface area contributed by atoms with Crippen molar-refractivity contribution in [3.8, 4) is 0 Å². The molecule has 0 aliphatic carbocycles. The van der Waals surface area contributed by atoms with Gasteiger partial charge in [0, 0.05) is 12.6 Å². The molecular formula is C20H23NO2. The molecular weight excluding hydrogens is 286 g/mol. The Morgan fingerprint density at radius 2 is 1.70 bits per heavy atom.